The summed E-state index contributed by atoms with van der Waals surface area (Å²) in [5, 5.41) is 0. The van der Waals surface area contributed by atoms with Crippen LogP contribution >= 0.6 is 0 Å². The van der Waals surface area contributed by atoms with Crippen LogP contribution in [0.15, 0.2) is 17.6 Å². The van der Waals surface area contributed by atoms with Crippen molar-refractivity contribution in [3.05, 3.63) is 12.7 Å². The summed E-state index contributed by atoms with van der Waals surface area (Å²) in [7, 11) is 1.94. The third-order valence-electron chi connectivity index (χ3n) is 0.703. The first kappa shape index (κ1) is 6.47. The Morgan fingerprint density at radius 2 is 2.57 bits per heavy atom. The van der Waals surface area contributed by atoms with Crippen molar-refractivity contribution >= 4 is 13.5 Å². The first-order valence-corrected chi connectivity index (χ1v) is 2.44. The summed E-state index contributed by atoms with van der Waals surface area (Å²) in [5.41, 5.74) is 1.02. The van der Waals surface area contributed by atoms with E-state index in [-0.39, 0.29) is 0 Å². The molecule has 0 aromatic rings. The minimum Gasteiger partial charge on any atom is -0.301 e. The molecule has 0 aromatic carbocycles. The van der Waals surface area contributed by atoms with Gasteiger partial charge in [-0.05, 0) is 12.5 Å². The lowest BCUT2D eigenvalue weighted by Gasteiger charge is -1.83. The fourth-order valence-electron chi connectivity index (χ4n) is 0.314. The van der Waals surface area contributed by atoms with Crippen LogP contribution in [-0.2, 0) is 0 Å². The molecule has 38 valence electrons. The van der Waals surface area contributed by atoms with Gasteiger partial charge in [-0.15, -0.1) is 0 Å². The lowest BCUT2D eigenvalue weighted by atomic mass is 10.0. The summed E-state index contributed by atoms with van der Waals surface area (Å²) in [4.78, 5) is 4.04. The first-order chi connectivity index (χ1) is 3.31. The highest BCUT2D eigenvalue weighted by molar-refractivity contribution is 6.62. The summed E-state index contributed by atoms with van der Waals surface area (Å²) in [6.07, 6.45) is 1.75. The van der Waals surface area contributed by atoms with Gasteiger partial charge >= 0.3 is 0 Å². The molecule has 0 radical (unpaired) electrons. The van der Waals surface area contributed by atoms with Gasteiger partial charge in [0.05, 0.1) is 0 Å². The Labute approximate surface area is 45.6 Å². The van der Waals surface area contributed by atoms with Crippen LogP contribution in [0.4, 0.5) is 0 Å². The molecule has 0 aliphatic rings. The van der Waals surface area contributed by atoms with Crippen LogP contribution in [0, 0.1) is 0 Å². The second kappa shape index (κ2) is 3.66. The minimum absolute atomic E-state index is 0.859. The van der Waals surface area contributed by atoms with Crippen LogP contribution in [0.2, 0.25) is 0 Å². The Morgan fingerprint density at radius 3 is 2.71 bits per heavy atom. The Kier molecular flexibility index (Phi) is 3.38. The molecule has 0 spiro atoms. The molecule has 0 saturated heterocycles. The second-order valence-electron chi connectivity index (χ2n) is 1.32. The molecule has 0 aromatic heterocycles. The molecule has 0 atom stereocenters. The van der Waals surface area contributed by atoms with Gasteiger partial charge in [-0.25, -0.2) is 0 Å². The van der Waals surface area contributed by atoms with Crippen LogP contribution in [0.25, 0.3) is 0 Å². The third kappa shape index (κ3) is 3.30. The maximum absolute atomic E-state index is 4.04. The zero-order chi connectivity index (χ0) is 5.70. The van der Waals surface area contributed by atoms with Crippen LogP contribution in [0.1, 0.15) is 6.92 Å². The summed E-state index contributed by atoms with van der Waals surface area (Å²) in [5.74, 6) is 0. The van der Waals surface area contributed by atoms with Gasteiger partial charge in [0.25, 0.3) is 0 Å². The predicted octanol–water partition coefficient (Wildman–Crippen LogP) is 0.224. The topological polar surface area (TPSA) is 12.4 Å². The standard InChI is InChI=1S/C5H10BN/c1-3-5(6)7-4-2/h3H,1,4,6H2,2H3/b7-5+. The zero-order valence-corrected chi connectivity index (χ0v) is 4.94. The van der Waals surface area contributed by atoms with Crippen LogP contribution in [0.5, 0.6) is 0 Å². The quantitative estimate of drug-likeness (QED) is 0.343. The molecule has 1 nitrogen and oxygen atoms in total. The number of allylic oxidation sites excluding steroid dienone is 1. The Hall–Kier alpha value is -0.525. The molecule has 0 N–H and O–H groups in total. The predicted molar refractivity (Wildman–Crippen MR) is 36.7 cm³/mol. The van der Waals surface area contributed by atoms with E-state index in [2.05, 4.69) is 11.6 Å². The molecule has 0 saturated carbocycles. The van der Waals surface area contributed by atoms with Gasteiger partial charge in [0.1, 0.15) is 0 Å². The Balaban J connectivity index is 3.49. The third-order valence-corrected chi connectivity index (χ3v) is 0.703. The van der Waals surface area contributed by atoms with Gasteiger partial charge in [0.2, 0.25) is 0 Å². The van der Waals surface area contributed by atoms with Gasteiger partial charge in [0.15, 0.2) is 7.85 Å². The molecular formula is C5H10BN. The van der Waals surface area contributed by atoms with Crippen molar-refractivity contribution in [3.63, 3.8) is 0 Å². The van der Waals surface area contributed by atoms with E-state index < -0.39 is 0 Å². The smallest absolute Gasteiger partial charge is 0.163 e. The zero-order valence-electron chi connectivity index (χ0n) is 4.94. The van der Waals surface area contributed by atoms with Gasteiger partial charge < -0.3 is 4.99 Å². The molecular weight excluding hydrogens is 84.9 g/mol. The van der Waals surface area contributed by atoms with Gasteiger partial charge in [0, 0.05) is 6.54 Å². The molecule has 0 unspecified atom stereocenters. The molecule has 0 heterocycles. The maximum atomic E-state index is 4.04. The van der Waals surface area contributed by atoms with Crippen molar-refractivity contribution in [1.29, 1.82) is 0 Å². The summed E-state index contributed by atoms with van der Waals surface area (Å²) in [6, 6.07) is 0. The molecule has 2 heteroatoms. The molecule has 0 bridgehead atoms. The molecule has 0 aliphatic carbocycles. The lowest BCUT2D eigenvalue weighted by molar-refractivity contribution is 1.14. The molecule has 7 heavy (non-hydrogen) atoms. The van der Waals surface area contributed by atoms with E-state index in [1.807, 2.05) is 14.8 Å². The number of hydrogen-bond donors (Lipinski definition) is 0. The monoisotopic (exact) mass is 95.1 g/mol. The van der Waals surface area contributed by atoms with Crippen LogP contribution in [-0.4, -0.2) is 20.0 Å². The number of aliphatic imine (C=N–C) groups is 1. The van der Waals surface area contributed by atoms with Crippen molar-refractivity contribution in [3.8, 4) is 0 Å². The second-order valence-corrected chi connectivity index (χ2v) is 1.32. The Morgan fingerprint density at radius 1 is 2.00 bits per heavy atom. The lowest BCUT2D eigenvalue weighted by Crippen LogP contribution is -1.89. The van der Waals surface area contributed by atoms with E-state index in [0.717, 1.165) is 12.2 Å². The van der Waals surface area contributed by atoms with Crippen LogP contribution in [0.3, 0.4) is 0 Å². The minimum atomic E-state index is 0.859. The number of nitrogens with zero attached hydrogens (tertiary/aromatic N) is 1. The first-order valence-electron chi connectivity index (χ1n) is 2.44. The molecule has 0 amide bonds. The van der Waals surface area contributed by atoms with E-state index >= 15 is 0 Å². The number of hydrogen-bond acceptors (Lipinski definition) is 1. The van der Waals surface area contributed by atoms with E-state index in [0.29, 0.717) is 0 Å². The highest BCUT2D eigenvalue weighted by Gasteiger charge is 1.73. The van der Waals surface area contributed by atoms with Gasteiger partial charge in [-0.3, -0.25) is 0 Å². The van der Waals surface area contributed by atoms with E-state index in [4.69, 9.17) is 0 Å². The normalized spacial score (nSPS) is 11.3. The average Bonchev–Trinajstić information content (AvgIpc) is 1.68. The van der Waals surface area contributed by atoms with E-state index in [1.165, 1.54) is 0 Å². The average molecular weight is 95.0 g/mol. The highest BCUT2D eigenvalue weighted by atomic mass is 14.7. The van der Waals surface area contributed by atoms with Crippen LogP contribution < -0.4 is 0 Å². The van der Waals surface area contributed by atoms with E-state index in [1.54, 1.807) is 6.08 Å². The largest absolute Gasteiger partial charge is 0.301 e. The van der Waals surface area contributed by atoms with Gasteiger partial charge in [-0.1, -0.05) is 12.7 Å². The Bertz CT molecular complexity index is 86.1. The summed E-state index contributed by atoms with van der Waals surface area (Å²) >= 11 is 0. The number of rotatable bonds is 2. The van der Waals surface area contributed by atoms with Gasteiger partial charge in [-0.2, -0.15) is 0 Å². The summed E-state index contributed by atoms with van der Waals surface area (Å²) < 4.78 is 0. The van der Waals surface area contributed by atoms with Crippen molar-refractivity contribution in [2.75, 3.05) is 6.54 Å². The van der Waals surface area contributed by atoms with Crippen molar-refractivity contribution in [2.45, 2.75) is 6.92 Å². The van der Waals surface area contributed by atoms with E-state index in [9.17, 15) is 0 Å². The molecule has 0 rings (SSSR count). The van der Waals surface area contributed by atoms with Crippen molar-refractivity contribution in [1.82, 2.24) is 0 Å². The fraction of sp³-hybridized carbons (Fsp3) is 0.400. The fourth-order valence-corrected chi connectivity index (χ4v) is 0.314. The SMILES string of the molecule is B/C(C=C)=N/CC. The molecule has 0 aliphatic heterocycles. The summed E-state index contributed by atoms with van der Waals surface area (Å²) in [6.45, 7) is 6.41. The molecule has 0 fully saturated rings. The maximum Gasteiger partial charge on any atom is 0.163 e. The highest BCUT2D eigenvalue weighted by Crippen LogP contribution is 1.71. The van der Waals surface area contributed by atoms with Crippen molar-refractivity contribution < 1.29 is 0 Å². The van der Waals surface area contributed by atoms with Crippen molar-refractivity contribution in [2.24, 2.45) is 4.99 Å².